The van der Waals surface area contributed by atoms with Crippen molar-refractivity contribution >= 4 is 21.6 Å². The minimum atomic E-state index is -3.35. The Morgan fingerprint density at radius 3 is 2.75 bits per heavy atom. The van der Waals surface area contributed by atoms with E-state index in [2.05, 4.69) is 5.16 Å². The Morgan fingerprint density at radius 1 is 1.62 bits per heavy atom. The summed E-state index contributed by atoms with van der Waals surface area (Å²) in [5.41, 5.74) is 5.43. The molecule has 0 aliphatic carbocycles. The van der Waals surface area contributed by atoms with E-state index < -0.39 is 27.5 Å². The van der Waals surface area contributed by atoms with Gasteiger partial charge < -0.3 is 15.8 Å². The van der Waals surface area contributed by atoms with Crippen molar-refractivity contribution in [3.63, 3.8) is 0 Å². The molecule has 1 aliphatic rings. The molecular weight excluding hydrogens is 234 g/mol. The van der Waals surface area contributed by atoms with Gasteiger partial charge in [-0.1, -0.05) is 5.16 Å². The van der Waals surface area contributed by atoms with Gasteiger partial charge in [-0.3, -0.25) is 4.79 Å². The average molecular weight is 249 g/mol. The lowest BCUT2D eigenvalue weighted by Crippen LogP contribution is -2.45. The van der Waals surface area contributed by atoms with Gasteiger partial charge in [-0.05, 0) is 12.8 Å². The number of rotatable bonds is 3. The van der Waals surface area contributed by atoms with Crippen LogP contribution in [0.1, 0.15) is 12.8 Å². The molecule has 1 saturated heterocycles. The van der Waals surface area contributed by atoms with Gasteiger partial charge in [-0.15, -0.1) is 0 Å². The first-order valence-corrected chi connectivity index (χ1v) is 6.86. The zero-order valence-corrected chi connectivity index (χ0v) is 9.77. The lowest BCUT2D eigenvalue weighted by atomic mass is 10.2. The molecule has 1 heterocycles. The smallest absolute Gasteiger partial charge is 0.238 e. The first-order chi connectivity index (χ1) is 7.35. The Kier molecular flexibility index (Phi) is 3.74. The van der Waals surface area contributed by atoms with Gasteiger partial charge in [0.15, 0.2) is 15.7 Å². The van der Waals surface area contributed by atoms with Crippen molar-refractivity contribution in [1.82, 2.24) is 4.90 Å². The third kappa shape index (κ3) is 3.09. The number of nitrogens with zero attached hydrogens (tertiary/aromatic N) is 2. The summed E-state index contributed by atoms with van der Waals surface area (Å²) in [6, 6.07) is -0.487. The minimum absolute atomic E-state index is 0.0562. The van der Waals surface area contributed by atoms with Crippen LogP contribution in [0.15, 0.2) is 5.16 Å². The summed E-state index contributed by atoms with van der Waals surface area (Å²) in [7, 11) is -3.35. The normalized spacial score (nSPS) is 22.4. The van der Waals surface area contributed by atoms with Gasteiger partial charge in [-0.25, -0.2) is 8.42 Å². The Hall–Kier alpha value is -1.31. The Balaban J connectivity index is 2.76. The van der Waals surface area contributed by atoms with E-state index in [4.69, 9.17) is 10.9 Å². The molecule has 7 nitrogen and oxygen atoms in total. The van der Waals surface area contributed by atoms with Gasteiger partial charge in [0, 0.05) is 12.8 Å². The standard InChI is InChI=1S/C8H15N3O4S/c1-16(14,15)5-7(12)11-4-2-3-6(11)8(9)10-13/h6,13H,2-5H2,1H3,(H2,9,10). The molecule has 1 unspecified atom stereocenters. The Labute approximate surface area is 93.8 Å². The number of hydrogen-bond acceptors (Lipinski definition) is 5. The molecule has 92 valence electrons. The van der Waals surface area contributed by atoms with Crippen molar-refractivity contribution < 1.29 is 18.4 Å². The molecule has 1 atom stereocenters. The molecule has 16 heavy (non-hydrogen) atoms. The number of nitrogens with two attached hydrogens (primary N) is 1. The van der Waals surface area contributed by atoms with Gasteiger partial charge >= 0.3 is 0 Å². The van der Waals surface area contributed by atoms with Crippen molar-refractivity contribution in [3.05, 3.63) is 0 Å². The SMILES string of the molecule is CS(=O)(=O)CC(=O)N1CCCC1C(N)=NO. The second-order valence-corrected chi connectivity index (χ2v) is 5.98. The topological polar surface area (TPSA) is 113 Å². The molecule has 1 rings (SSSR count). The lowest BCUT2D eigenvalue weighted by molar-refractivity contribution is -0.128. The molecule has 1 aliphatic heterocycles. The van der Waals surface area contributed by atoms with E-state index >= 15 is 0 Å². The molecular formula is C8H15N3O4S. The molecule has 8 heteroatoms. The van der Waals surface area contributed by atoms with Gasteiger partial charge in [0.2, 0.25) is 5.91 Å². The largest absolute Gasteiger partial charge is 0.409 e. The number of likely N-dealkylation sites (tertiary alicyclic amines) is 1. The maximum absolute atomic E-state index is 11.6. The van der Waals surface area contributed by atoms with E-state index in [1.165, 1.54) is 4.90 Å². The van der Waals surface area contributed by atoms with Crippen LogP contribution in [-0.2, 0) is 14.6 Å². The molecule has 0 bridgehead atoms. The number of amides is 1. The zero-order chi connectivity index (χ0) is 12.3. The fourth-order valence-electron chi connectivity index (χ4n) is 1.75. The van der Waals surface area contributed by atoms with Crippen molar-refractivity contribution in [1.29, 1.82) is 0 Å². The molecule has 0 aromatic heterocycles. The Morgan fingerprint density at radius 2 is 2.25 bits per heavy atom. The van der Waals surface area contributed by atoms with E-state index in [1.54, 1.807) is 0 Å². The molecule has 3 N–H and O–H groups in total. The summed E-state index contributed by atoms with van der Waals surface area (Å²) in [6.45, 7) is 0.440. The lowest BCUT2D eigenvalue weighted by Gasteiger charge is -2.23. The average Bonchev–Trinajstić information content (AvgIpc) is 2.62. The second kappa shape index (κ2) is 4.69. The summed E-state index contributed by atoms with van der Waals surface area (Å²) in [4.78, 5) is 13.0. The van der Waals surface area contributed by atoms with Crippen LogP contribution < -0.4 is 5.73 Å². The number of hydrogen-bond donors (Lipinski definition) is 2. The van der Waals surface area contributed by atoms with Crippen LogP contribution in [0.5, 0.6) is 0 Å². The summed E-state index contributed by atoms with van der Waals surface area (Å²) >= 11 is 0. The molecule has 0 radical (unpaired) electrons. The van der Waals surface area contributed by atoms with E-state index in [0.717, 1.165) is 12.7 Å². The highest BCUT2D eigenvalue weighted by Crippen LogP contribution is 2.17. The number of carbonyl (C=O) groups excluding carboxylic acids is 1. The van der Waals surface area contributed by atoms with Crippen LogP contribution in [0.4, 0.5) is 0 Å². The zero-order valence-electron chi connectivity index (χ0n) is 8.96. The van der Waals surface area contributed by atoms with Crippen LogP contribution >= 0.6 is 0 Å². The fourth-order valence-corrected chi connectivity index (χ4v) is 2.36. The van der Waals surface area contributed by atoms with Crippen molar-refractivity contribution in [3.8, 4) is 0 Å². The predicted octanol–water partition coefficient (Wildman–Crippen LogP) is -1.23. The number of sulfone groups is 1. The van der Waals surface area contributed by atoms with Crippen LogP contribution in [0, 0.1) is 0 Å². The van der Waals surface area contributed by atoms with E-state index in [1.807, 2.05) is 0 Å². The Bertz CT molecular complexity index is 404. The molecule has 1 amide bonds. The van der Waals surface area contributed by atoms with E-state index in [0.29, 0.717) is 13.0 Å². The third-order valence-corrected chi connectivity index (χ3v) is 3.19. The van der Waals surface area contributed by atoms with Crippen molar-refractivity contribution in [2.75, 3.05) is 18.6 Å². The fraction of sp³-hybridized carbons (Fsp3) is 0.750. The summed E-state index contributed by atoms with van der Waals surface area (Å²) < 4.78 is 22.0. The van der Waals surface area contributed by atoms with Crippen LogP contribution in [0.25, 0.3) is 0 Å². The molecule has 0 aromatic carbocycles. The number of oxime groups is 1. The maximum atomic E-state index is 11.6. The van der Waals surface area contributed by atoms with Gasteiger partial charge in [-0.2, -0.15) is 0 Å². The molecule has 0 spiro atoms. The monoisotopic (exact) mass is 249 g/mol. The highest BCUT2D eigenvalue weighted by Gasteiger charge is 2.32. The third-order valence-electron chi connectivity index (χ3n) is 2.42. The second-order valence-electron chi connectivity index (χ2n) is 3.84. The molecule has 0 aromatic rings. The van der Waals surface area contributed by atoms with Gasteiger partial charge in [0.05, 0.1) is 6.04 Å². The van der Waals surface area contributed by atoms with Crippen LogP contribution in [-0.4, -0.2) is 54.9 Å². The summed E-state index contributed by atoms with van der Waals surface area (Å²) in [5.74, 6) is -1.10. The summed E-state index contributed by atoms with van der Waals surface area (Å²) in [5, 5.41) is 11.4. The van der Waals surface area contributed by atoms with Gasteiger partial charge in [0.25, 0.3) is 0 Å². The maximum Gasteiger partial charge on any atom is 0.238 e. The van der Waals surface area contributed by atoms with Crippen LogP contribution in [0.3, 0.4) is 0 Å². The van der Waals surface area contributed by atoms with Gasteiger partial charge in [0.1, 0.15) is 5.75 Å². The first-order valence-electron chi connectivity index (χ1n) is 4.80. The molecule has 1 fully saturated rings. The first kappa shape index (κ1) is 12.8. The summed E-state index contributed by atoms with van der Waals surface area (Å²) in [6.07, 6.45) is 2.31. The predicted molar refractivity (Wildman–Crippen MR) is 57.9 cm³/mol. The van der Waals surface area contributed by atoms with Crippen molar-refractivity contribution in [2.45, 2.75) is 18.9 Å². The number of amidine groups is 1. The minimum Gasteiger partial charge on any atom is -0.409 e. The quantitative estimate of drug-likeness (QED) is 0.281. The highest BCUT2D eigenvalue weighted by atomic mass is 32.2. The highest BCUT2D eigenvalue weighted by molar-refractivity contribution is 7.91. The number of carbonyl (C=O) groups is 1. The van der Waals surface area contributed by atoms with Crippen LogP contribution in [0.2, 0.25) is 0 Å². The van der Waals surface area contributed by atoms with E-state index in [9.17, 15) is 13.2 Å². The van der Waals surface area contributed by atoms with E-state index in [-0.39, 0.29) is 5.84 Å². The molecule has 0 saturated carbocycles. The van der Waals surface area contributed by atoms with Crippen molar-refractivity contribution in [2.24, 2.45) is 10.9 Å².